The predicted octanol–water partition coefficient (Wildman–Crippen LogP) is 1.45. The van der Waals surface area contributed by atoms with Crippen LogP contribution in [0.4, 0.5) is 0 Å². The highest BCUT2D eigenvalue weighted by Crippen LogP contribution is 2.02. The third-order valence-corrected chi connectivity index (χ3v) is 2.35. The van der Waals surface area contributed by atoms with Gasteiger partial charge in [-0.05, 0) is 18.6 Å². The molecule has 5 heteroatoms. The number of carbonyl (C=O) groups is 2. The van der Waals surface area contributed by atoms with Crippen LogP contribution in [0.25, 0.3) is 0 Å². The van der Waals surface area contributed by atoms with Gasteiger partial charge in [-0.3, -0.25) is 9.78 Å². The van der Waals surface area contributed by atoms with Crippen LogP contribution in [0.15, 0.2) is 24.4 Å². The van der Waals surface area contributed by atoms with Gasteiger partial charge in [0.25, 0.3) is 5.91 Å². The first-order valence-electron chi connectivity index (χ1n) is 5.60. The minimum atomic E-state index is -1.01. The van der Waals surface area contributed by atoms with E-state index in [1.807, 2.05) is 6.92 Å². The molecular weight excluding hydrogens is 220 g/mol. The molecule has 0 saturated carbocycles. The maximum atomic E-state index is 11.7. The first-order valence-corrected chi connectivity index (χ1v) is 5.60. The molecule has 1 aromatic heterocycles. The van der Waals surface area contributed by atoms with Gasteiger partial charge in [0.2, 0.25) is 0 Å². The second kappa shape index (κ2) is 6.62. The van der Waals surface area contributed by atoms with E-state index in [-0.39, 0.29) is 5.69 Å². The van der Waals surface area contributed by atoms with Gasteiger partial charge in [0, 0.05) is 6.20 Å². The molecule has 1 amide bonds. The van der Waals surface area contributed by atoms with E-state index in [4.69, 9.17) is 5.11 Å². The van der Waals surface area contributed by atoms with Crippen molar-refractivity contribution in [1.29, 1.82) is 0 Å². The van der Waals surface area contributed by atoms with Crippen molar-refractivity contribution >= 4 is 11.9 Å². The zero-order valence-corrected chi connectivity index (χ0v) is 9.72. The number of amides is 1. The predicted molar refractivity (Wildman–Crippen MR) is 62.7 cm³/mol. The van der Waals surface area contributed by atoms with E-state index in [9.17, 15) is 9.59 Å². The van der Waals surface area contributed by atoms with Gasteiger partial charge in [0.05, 0.1) is 0 Å². The Bertz CT molecular complexity index is 379. The van der Waals surface area contributed by atoms with E-state index in [0.717, 1.165) is 12.8 Å². The van der Waals surface area contributed by atoms with E-state index in [1.54, 1.807) is 18.2 Å². The van der Waals surface area contributed by atoms with Crippen molar-refractivity contribution in [2.75, 3.05) is 0 Å². The van der Waals surface area contributed by atoms with Crippen molar-refractivity contribution < 1.29 is 14.7 Å². The number of carboxylic acids is 1. The van der Waals surface area contributed by atoms with Crippen molar-refractivity contribution in [1.82, 2.24) is 10.3 Å². The molecule has 1 rings (SSSR count). The normalized spacial score (nSPS) is 11.8. The zero-order valence-electron chi connectivity index (χ0n) is 9.72. The van der Waals surface area contributed by atoms with Crippen molar-refractivity contribution in [3.8, 4) is 0 Å². The van der Waals surface area contributed by atoms with Gasteiger partial charge >= 0.3 is 5.97 Å². The van der Waals surface area contributed by atoms with Gasteiger partial charge in [-0.15, -0.1) is 0 Å². The van der Waals surface area contributed by atoms with Gasteiger partial charge in [-0.25, -0.2) is 4.79 Å². The number of nitrogens with zero attached hydrogens (tertiary/aromatic N) is 1. The first-order chi connectivity index (χ1) is 8.15. The number of rotatable bonds is 6. The third-order valence-electron chi connectivity index (χ3n) is 2.35. The van der Waals surface area contributed by atoms with E-state index >= 15 is 0 Å². The van der Waals surface area contributed by atoms with Crippen LogP contribution < -0.4 is 5.32 Å². The molecular formula is C12H16N2O3. The smallest absolute Gasteiger partial charge is 0.326 e. The molecule has 0 spiro atoms. The minimum Gasteiger partial charge on any atom is -0.480 e. The molecule has 2 N–H and O–H groups in total. The van der Waals surface area contributed by atoms with Crippen LogP contribution in [0.2, 0.25) is 0 Å². The summed E-state index contributed by atoms with van der Waals surface area (Å²) in [6, 6.07) is 4.09. The molecule has 1 unspecified atom stereocenters. The molecule has 1 aromatic rings. The van der Waals surface area contributed by atoms with Crippen LogP contribution in [-0.2, 0) is 4.79 Å². The summed E-state index contributed by atoms with van der Waals surface area (Å²) in [4.78, 5) is 26.5. The van der Waals surface area contributed by atoms with E-state index in [2.05, 4.69) is 10.3 Å². The molecule has 1 heterocycles. The van der Waals surface area contributed by atoms with Crippen molar-refractivity contribution in [2.24, 2.45) is 0 Å². The van der Waals surface area contributed by atoms with Crippen LogP contribution in [0.1, 0.15) is 36.7 Å². The lowest BCUT2D eigenvalue weighted by Gasteiger charge is -2.13. The van der Waals surface area contributed by atoms with Gasteiger partial charge in [-0.2, -0.15) is 0 Å². The Labute approximate surface area is 99.9 Å². The fourth-order valence-corrected chi connectivity index (χ4v) is 1.39. The molecule has 0 bridgehead atoms. The third kappa shape index (κ3) is 4.22. The lowest BCUT2D eigenvalue weighted by atomic mass is 10.1. The number of hydrogen-bond donors (Lipinski definition) is 2. The first kappa shape index (κ1) is 13.2. The summed E-state index contributed by atoms with van der Waals surface area (Å²) in [6.45, 7) is 1.97. The second-order valence-electron chi connectivity index (χ2n) is 3.72. The summed E-state index contributed by atoms with van der Waals surface area (Å²) in [7, 11) is 0. The largest absolute Gasteiger partial charge is 0.480 e. The maximum absolute atomic E-state index is 11.7. The topological polar surface area (TPSA) is 79.3 Å². The average molecular weight is 236 g/mol. The Morgan fingerprint density at radius 1 is 1.47 bits per heavy atom. The highest BCUT2D eigenvalue weighted by atomic mass is 16.4. The van der Waals surface area contributed by atoms with Crippen LogP contribution in [-0.4, -0.2) is 28.0 Å². The number of nitrogens with one attached hydrogen (secondary N) is 1. The van der Waals surface area contributed by atoms with Crippen LogP contribution in [0.3, 0.4) is 0 Å². The molecule has 1 atom stereocenters. The number of carbonyl (C=O) groups excluding carboxylic acids is 1. The van der Waals surface area contributed by atoms with Gasteiger partial charge in [-0.1, -0.05) is 25.8 Å². The monoisotopic (exact) mass is 236 g/mol. The number of hydrogen-bond acceptors (Lipinski definition) is 3. The Balaban J connectivity index is 2.61. The molecule has 0 aliphatic heterocycles. The second-order valence-corrected chi connectivity index (χ2v) is 3.72. The van der Waals surface area contributed by atoms with Crippen LogP contribution >= 0.6 is 0 Å². The van der Waals surface area contributed by atoms with E-state index in [0.29, 0.717) is 6.42 Å². The molecule has 0 radical (unpaired) electrons. The molecule has 0 aliphatic rings. The van der Waals surface area contributed by atoms with Crippen molar-refractivity contribution in [2.45, 2.75) is 32.2 Å². The number of carboxylic acid groups (broad SMARTS) is 1. The Morgan fingerprint density at radius 2 is 2.24 bits per heavy atom. The van der Waals surface area contributed by atoms with Gasteiger partial charge in [0.15, 0.2) is 0 Å². The summed E-state index contributed by atoms with van der Waals surface area (Å²) in [5.74, 6) is -1.46. The molecule has 0 aromatic carbocycles. The summed E-state index contributed by atoms with van der Waals surface area (Å²) in [6.07, 6.45) is 3.59. The van der Waals surface area contributed by atoms with Gasteiger partial charge < -0.3 is 10.4 Å². The molecule has 92 valence electrons. The lowest BCUT2D eigenvalue weighted by molar-refractivity contribution is -0.139. The van der Waals surface area contributed by atoms with E-state index in [1.165, 1.54) is 6.20 Å². The van der Waals surface area contributed by atoms with Crippen LogP contribution in [0, 0.1) is 0 Å². The number of aromatic nitrogens is 1. The summed E-state index contributed by atoms with van der Waals surface area (Å²) in [5, 5.41) is 11.4. The SMILES string of the molecule is CCCCC(NC(=O)c1ccccn1)C(=O)O. The van der Waals surface area contributed by atoms with Crippen molar-refractivity contribution in [3.05, 3.63) is 30.1 Å². The number of aliphatic carboxylic acids is 1. The summed E-state index contributed by atoms with van der Waals surface area (Å²) in [5.41, 5.74) is 0.232. The highest BCUT2D eigenvalue weighted by molar-refractivity contribution is 5.94. The van der Waals surface area contributed by atoms with E-state index < -0.39 is 17.9 Å². The Kier molecular flexibility index (Phi) is 5.13. The van der Waals surface area contributed by atoms with Crippen molar-refractivity contribution in [3.63, 3.8) is 0 Å². The molecule has 17 heavy (non-hydrogen) atoms. The zero-order chi connectivity index (χ0) is 12.7. The van der Waals surface area contributed by atoms with Gasteiger partial charge in [0.1, 0.15) is 11.7 Å². The molecule has 0 aliphatic carbocycles. The Hall–Kier alpha value is -1.91. The highest BCUT2D eigenvalue weighted by Gasteiger charge is 2.20. The summed E-state index contributed by atoms with van der Waals surface area (Å²) >= 11 is 0. The Morgan fingerprint density at radius 3 is 2.76 bits per heavy atom. The molecule has 0 fully saturated rings. The molecule has 0 saturated heterocycles. The fraction of sp³-hybridized carbons (Fsp3) is 0.417. The average Bonchev–Trinajstić information content (AvgIpc) is 2.35. The maximum Gasteiger partial charge on any atom is 0.326 e. The minimum absolute atomic E-state index is 0.232. The summed E-state index contributed by atoms with van der Waals surface area (Å²) < 4.78 is 0. The van der Waals surface area contributed by atoms with Crippen LogP contribution in [0.5, 0.6) is 0 Å². The number of pyridine rings is 1. The lowest BCUT2D eigenvalue weighted by Crippen LogP contribution is -2.41. The fourth-order valence-electron chi connectivity index (χ4n) is 1.39. The number of unbranched alkanes of at least 4 members (excludes halogenated alkanes) is 1. The quantitative estimate of drug-likeness (QED) is 0.783. The molecule has 5 nitrogen and oxygen atoms in total. The standard InChI is InChI=1S/C12H16N2O3/c1-2-3-6-10(12(16)17)14-11(15)9-7-4-5-8-13-9/h4-5,7-8,10H,2-3,6H2,1H3,(H,14,15)(H,16,17).